The van der Waals surface area contributed by atoms with Crippen molar-refractivity contribution in [3.63, 3.8) is 0 Å². The lowest BCUT2D eigenvalue weighted by Gasteiger charge is -2.19. The summed E-state index contributed by atoms with van der Waals surface area (Å²) in [6, 6.07) is 6.52. The minimum atomic E-state index is -0.00947. The molecular formula is C15H22N4O. The molecule has 2 fully saturated rings. The lowest BCUT2D eigenvalue weighted by molar-refractivity contribution is 0.234. The molecule has 1 aliphatic heterocycles. The van der Waals surface area contributed by atoms with Crippen molar-refractivity contribution in [2.24, 2.45) is 0 Å². The lowest BCUT2D eigenvalue weighted by Crippen LogP contribution is -2.46. The smallest absolute Gasteiger partial charge is 0.315 e. The monoisotopic (exact) mass is 274 g/mol. The van der Waals surface area contributed by atoms with Crippen molar-refractivity contribution in [1.29, 1.82) is 0 Å². The number of carbonyl (C=O) groups excluding carboxylic acids is 1. The number of nitrogens with one attached hydrogen (secondary N) is 2. The van der Waals surface area contributed by atoms with E-state index in [4.69, 9.17) is 0 Å². The molecule has 2 heterocycles. The van der Waals surface area contributed by atoms with Gasteiger partial charge in [-0.05, 0) is 31.4 Å². The summed E-state index contributed by atoms with van der Waals surface area (Å²) in [4.78, 5) is 18.5. The van der Waals surface area contributed by atoms with E-state index in [-0.39, 0.29) is 12.1 Å². The maximum Gasteiger partial charge on any atom is 0.315 e. The van der Waals surface area contributed by atoms with Crippen LogP contribution >= 0.6 is 0 Å². The fourth-order valence-electron chi connectivity index (χ4n) is 3.11. The van der Waals surface area contributed by atoms with Gasteiger partial charge in [0.2, 0.25) is 0 Å². The van der Waals surface area contributed by atoms with Crippen LogP contribution in [0.3, 0.4) is 0 Å². The Morgan fingerprint density at radius 3 is 2.70 bits per heavy atom. The third-order valence-electron chi connectivity index (χ3n) is 4.19. The van der Waals surface area contributed by atoms with Crippen LogP contribution in [0.1, 0.15) is 32.1 Å². The van der Waals surface area contributed by atoms with Crippen molar-refractivity contribution >= 4 is 11.8 Å². The van der Waals surface area contributed by atoms with Crippen LogP contribution in [0.2, 0.25) is 0 Å². The Bertz CT molecular complexity index is 444. The molecule has 20 heavy (non-hydrogen) atoms. The Hall–Kier alpha value is -1.78. The molecule has 1 unspecified atom stereocenters. The molecule has 0 bridgehead atoms. The first-order chi connectivity index (χ1) is 9.81. The van der Waals surface area contributed by atoms with E-state index in [1.165, 1.54) is 12.8 Å². The minimum absolute atomic E-state index is 0.00947. The SMILES string of the molecule is O=C(NC1CCCC1)NC1CCN(c2ccccn2)C1. The van der Waals surface area contributed by atoms with E-state index in [9.17, 15) is 4.79 Å². The molecule has 1 aromatic rings. The molecule has 5 heteroatoms. The lowest BCUT2D eigenvalue weighted by atomic mass is 10.2. The molecule has 1 saturated heterocycles. The van der Waals surface area contributed by atoms with Gasteiger partial charge in [-0.1, -0.05) is 18.9 Å². The number of carbonyl (C=O) groups is 1. The van der Waals surface area contributed by atoms with Crippen LogP contribution in [-0.4, -0.2) is 36.2 Å². The Morgan fingerprint density at radius 1 is 1.15 bits per heavy atom. The van der Waals surface area contributed by atoms with E-state index in [1.54, 1.807) is 0 Å². The van der Waals surface area contributed by atoms with E-state index < -0.39 is 0 Å². The van der Waals surface area contributed by atoms with Gasteiger partial charge in [-0.3, -0.25) is 0 Å². The summed E-state index contributed by atoms with van der Waals surface area (Å²) >= 11 is 0. The normalized spacial score (nSPS) is 23.0. The summed E-state index contributed by atoms with van der Waals surface area (Å²) in [6.45, 7) is 1.79. The van der Waals surface area contributed by atoms with Crippen molar-refractivity contribution in [3.05, 3.63) is 24.4 Å². The zero-order valence-corrected chi connectivity index (χ0v) is 11.7. The number of amides is 2. The molecular weight excluding hydrogens is 252 g/mol. The van der Waals surface area contributed by atoms with Gasteiger partial charge in [0.05, 0.1) is 0 Å². The number of hydrogen-bond donors (Lipinski definition) is 2. The highest BCUT2D eigenvalue weighted by Crippen LogP contribution is 2.19. The number of nitrogens with zero attached hydrogens (tertiary/aromatic N) is 2. The van der Waals surface area contributed by atoms with E-state index in [2.05, 4.69) is 20.5 Å². The van der Waals surface area contributed by atoms with E-state index in [0.717, 1.165) is 38.2 Å². The van der Waals surface area contributed by atoms with Gasteiger partial charge in [-0.2, -0.15) is 0 Å². The van der Waals surface area contributed by atoms with Gasteiger partial charge in [0.1, 0.15) is 5.82 Å². The predicted octanol–water partition coefficient (Wildman–Crippen LogP) is 1.90. The first-order valence-electron chi connectivity index (χ1n) is 7.54. The molecule has 2 aliphatic rings. The molecule has 1 atom stereocenters. The van der Waals surface area contributed by atoms with E-state index >= 15 is 0 Å². The largest absolute Gasteiger partial charge is 0.354 e. The van der Waals surface area contributed by atoms with Crippen molar-refractivity contribution in [3.8, 4) is 0 Å². The van der Waals surface area contributed by atoms with Gasteiger partial charge in [-0.25, -0.2) is 9.78 Å². The molecule has 3 rings (SSSR count). The summed E-state index contributed by atoms with van der Waals surface area (Å²) in [6.07, 6.45) is 7.51. The van der Waals surface area contributed by atoms with Crippen LogP contribution < -0.4 is 15.5 Å². The van der Waals surface area contributed by atoms with Gasteiger partial charge in [0.15, 0.2) is 0 Å². The standard InChI is InChI=1S/C15H22N4O/c20-15(17-12-5-1-2-6-12)18-13-8-10-19(11-13)14-7-3-4-9-16-14/h3-4,7,9,12-13H,1-2,5-6,8,10-11H2,(H2,17,18,20). The van der Waals surface area contributed by atoms with Gasteiger partial charge in [0, 0.05) is 31.4 Å². The molecule has 1 aromatic heterocycles. The number of urea groups is 1. The molecule has 2 N–H and O–H groups in total. The molecule has 1 saturated carbocycles. The Balaban J connectivity index is 1.46. The van der Waals surface area contributed by atoms with Crippen LogP contribution in [-0.2, 0) is 0 Å². The number of aromatic nitrogens is 1. The third kappa shape index (κ3) is 3.21. The third-order valence-corrected chi connectivity index (χ3v) is 4.19. The van der Waals surface area contributed by atoms with Crippen LogP contribution in [0.4, 0.5) is 10.6 Å². The second-order valence-corrected chi connectivity index (χ2v) is 5.72. The average molecular weight is 274 g/mol. The highest BCUT2D eigenvalue weighted by Gasteiger charge is 2.25. The van der Waals surface area contributed by atoms with Gasteiger partial charge < -0.3 is 15.5 Å². The van der Waals surface area contributed by atoms with Crippen molar-refractivity contribution in [2.45, 2.75) is 44.2 Å². The van der Waals surface area contributed by atoms with E-state index in [0.29, 0.717) is 6.04 Å². The van der Waals surface area contributed by atoms with Crippen molar-refractivity contribution < 1.29 is 4.79 Å². The van der Waals surface area contributed by atoms with Crippen molar-refractivity contribution in [2.75, 3.05) is 18.0 Å². The molecule has 5 nitrogen and oxygen atoms in total. The highest BCUT2D eigenvalue weighted by atomic mass is 16.2. The van der Waals surface area contributed by atoms with Crippen LogP contribution in [0.5, 0.6) is 0 Å². The second-order valence-electron chi connectivity index (χ2n) is 5.72. The summed E-state index contributed by atoms with van der Waals surface area (Å²) in [5.74, 6) is 0.994. The second kappa shape index (κ2) is 6.11. The summed E-state index contributed by atoms with van der Waals surface area (Å²) < 4.78 is 0. The molecule has 0 spiro atoms. The van der Waals surface area contributed by atoms with Crippen LogP contribution in [0.25, 0.3) is 0 Å². The maximum absolute atomic E-state index is 11.9. The quantitative estimate of drug-likeness (QED) is 0.885. The summed E-state index contributed by atoms with van der Waals surface area (Å²) in [7, 11) is 0. The van der Waals surface area contributed by atoms with Gasteiger partial charge in [0.25, 0.3) is 0 Å². The van der Waals surface area contributed by atoms with Gasteiger partial charge in [-0.15, -0.1) is 0 Å². The predicted molar refractivity (Wildman–Crippen MR) is 78.8 cm³/mol. The zero-order valence-electron chi connectivity index (χ0n) is 11.7. The fraction of sp³-hybridized carbons (Fsp3) is 0.600. The number of rotatable bonds is 3. The topological polar surface area (TPSA) is 57.3 Å². The van der Waals surface area contributed by atoms with E-state index in [1.807, 2.05) is 24.4 Å². The van der Waals surface area contributed by atoms with Crippen molar-refractivity contribution in [1.82, 2.24) is 15.6 Å². The summed E-state index contributed by atoms with van der Waals surface area (Å²) in [5, 5.41) is 6.16. The molecule has 0 radical (unpaired) electrons. The number of anilines is 1. The fourth-order valence-corrected chi connectivity index (χ4v) is 3.11. The Kier molecular flexibility index (Phi) is 4.04. The molecule has 2 amide bonds. The molecule has 1 aliphatic carbocycles. The Morgan fingerprint density at radius 2 is 1.95 bits per heavy atom. The number of hydrogen-bond acceptors (Lipinski definition) is 3. The van der Waals surface area contributed by atoms with Gasteiger partial charge >= 0.3 is 6.03 Å². The number of pyridine rings is 1. The first-order valence-corrected chi connectivity index (χ1v) is 7.54. The highest BCUT2D eigenvalue weighted by molar-refractivity contribution is 5.74. The maximum atomic E-state index is 11.9. The average Bonchev–Trinajstić information content (AvgIpc) is 3.11. The van der Waals surface area contributed by atoms with Crippen LogP contribution in [0, 0.1) is 0 Å². The summed E-state index contributed by atoms with van der Waals surface area (Å²) in [5.41, 5.74) is 0. The molecule has 108 valence electrons. The minimum Gasteiger partial charge on any atom is -0.354 e. The Labute approximate surface area is 119 Å². The zero-order chi connectivity index (χ0) is 13.8. The first kappa shape index (κ1) is 13.2. The molecule has 0 aromatic carbocycles. The van der Waals surface area contributed by atoms with Crippen LogP contribution in [0.15, 0.2) is 24.4 Å².